The largest absolute Gasteiger partial charge is 0.388 e. The number of hydrogen-bond donors (Lipinski definition) is 2. The molecule has 1 unspecified atom stereocenters. The van der Waals surface area contributed by atoms with E-state index < -0.39 is 17.8 Å². The van der Waals surface area contributed by atoms with Crippen molar-refractivity contribution in [3.05, 3.63) is 40.7 Å². The van der Waals surface area contributed by atoms with Crippen LogP contribution in [0.5, 0.6) is 0 Å². The molecule has 0 saturated heterocycles. The van der Waals surface area contributed by atoms with E-state index in [-0.39, 0.29) is 12.3 Å². The number of aliphatic hydroxyl groups excluding tert-OH is 1. The van der Waals surface area contributed by atoms with Gasteiger partial charge in [0.15, 0.2) is 0 Å². The maximum Gasteiger partial charge on any atom is 0.229 e. The number of anilines is 1. The van der Waals surface area contributed by atoms with Crippen LogP contribution >= 0.6 is 11.3 Å². The van der Waals surface area contributed by atoms with Gasteiger partial charge in [0.2, 0.25) is 11.0 Å². The van der Waals surface area contributed by atoms with Crippen molar-refractivity contribution in [3.63, 3.8) is 0 Å². The number of carbonyl (C=O) groups excluding carboxylic acids is 1. The summed E-state index contributed by atoms with van der Waals surface area (Å²) >= 11 is 1.30. The summed E-state index contributed by atoms with van der Waals surface area (Å²) in [4.78, 5) is 11.8. The molecule has 7 heteroatoms. The van der Waals surface area contributed by atoms with E-state index in [1.165, 1.54) is 29.5 Å². The van der Waals surface area contributed by atoms with E-state index in [1.807, 2.05) is 13.8 Å². The third kappa shape index (κ3) is 4.30. The van der Waals surface area contributed by atoms with Gasteiger partial charge in [-0.1, -0.05) is 37.3 Å². The van der Waals surface area contributed by atoms with Gasteiger partial charge in [0.25, 0.3) is 0 Å². The molecule has 0 aliphatic carbocycles. The van der Waals surface area contributed by atoms with Crippen molar-refractivity contribution < 1.29 is 14.3 Å². The van der Waals surface area contributed by atoms with E-state index in [0.29, 0.717) is 10.7 Å². The van der Waals surface area contributed by atoms with Crippen molar-refractivity contribution in [3.8, 4) is 0 Å². The fourth-order valence-corrected chi connectivity index (χ4v) is 2.46. The number of amides is 1. The summed E-state index contributed by atoms with van der Waals surface area (Å²) in [5.41, 5.74) is 0.366. The van der Waals surface area contributed by atoms with E-state index in [9.17, 15) is 14.3 Å². The second kappa shape index (κ2) is 6.73. The molecule has 2 rings (SSSR count). The number of aliphatic hydroxyl groups is 1. The Bertz CT molecular complexity index is 630. The molecule has 0 radical (unpaired) electrons. The number of halogens is 1. The van der Waals surface area contributed by atoms with Crippen LogP contribution in [0.25, 0.3) is 0 Å². The Morgan fingerprint density at radius 2 is 2.19 bits per heavy atom. The number of nitrogens with zero attached hydrogens (tertiary/aromatic N) is 2. The fourth-order valence-electron chi connectivity index (χ4n) is 1.70. The van der Waals surface area contributed by atoms with Crippen molar-refractivity contribution in [1.82, 2.24) is 10.2 Å². The van der Waals surface area contributed by atoms with Gasteiger partial charge >= 0.3 is 0 Å². The first-order valence-electron chi connectivity index (χ1n) is 6.52. The van der Waals surface area contributed by atoms with Gasteiger partial charge in [0.05, 0.1) is 12.5 Å². The third-order valence-electron chi connectivity index (χ3n) is 2.79. The quantitative estimate of drug-likeness (QED) is 0.890. The lowest BCUT2D eigenvalue weighted by Crippen LogP contribution is -2.15. The van der Waals surface area contributed by atoms with Gasteiger partial charge in [0, 0.05) is 5.92 Å². The Kier molecular flexibility index (Phi) is 4.98. The van der Waals surface area contributed by atoms with Gasteiger partial charge in [-0.15, -0.1) is 10.2 Å². The van der Waals surface area contributed by atoms with Crippen LogP contribution in [-0.2, 0) is 4.79 Å². The number of rotatable bonds is 5. The fraction of sp³-hybridized carbons (Fsp3) is 0.357. The second-order valence-electron chi connectivity index (χ2n) is 4.92. The smallest absolute Gasteiger partial charge is 0.229 e. The molecule has 5 nitrogen and oxygen atoms in total. The number of nitrogens with one attached hydrogen (secondary N) is 1. The monoisotopic (exact) mass is 309 g/mol. The van der Waals surface area contributed by atoms with E-state index in [0.717, 1.165) is 5.01 Å². The minimum absolute atomic E-state index is 0.167. The second-order valence-corrected chi connectivity index (χ2v) is 5.93. The summed E-state index contributed by atoms with van der Waals surface area (Å²) in [5.74, 6) is -0.595. The standard InChI is InChI=1S/C14H16FN3O2S/c1-8(2)13-17-18-14(21-13)16-12(20)7-11(19)9-4-3-5-10(15)6-9/h3-6,8,11,19H,7H2,1-2H3,(H,16,18,20). The van der Waals surface area contributed by atoms with Crippen molar-refractivity contribution >= 4 is 22.4 Å². The molecule has 0 fully saturated rings. The highest BCUT2D eigenvalue weighted by molar-refractivity contribution is 7.15. The molecule has 0 bridgehead atoms. The summed E-state index contributed by atoms with van der Waals surface area (Å²) in [7, 11) is 0. The molecule has 1 aromatic heterocycles. The van der Waals surface area contributed by atoms with Gasteiger partial charge in [-0.05, 0) is 17.7 Å². The number of benzene rings is 1. The highest BCUT2D eigenvalue weighted by Crippen LogP contribution is 2.23. The van der Waals surface area contributed by atoms with Gasteiger partial charge in [-0.2, -0.15) is 0 Å². The minimum atomic E-state index is -1.06. The lowest BCUT2D eigenvalue weighted by Gasteiger charge is -2.10. The van der Waals surface area contributed by atoms with Crippen LogP contribution in [0.4, 0.5) is 9.52 Å². The Labute approximate surface area is 125 Å². The van der Waals surface area contributed by atoms with Crippen LogP contribution in [-0.4, -0.2) is 21.2 Å². The topological polar surface area (TPSA) is 75.1 Å². The lowest BCUT2D eigenvalue weighted by molar-refractivity contribution is -0.118. The van der Waals surface area contributed by atoms with Crippen LogP contribution < -0.4 is 5.32 Å². The Hall–Kier alpha value is -1.86. The summed E-state index contributed by atoms with van der Waals surface area (Å²) in [6.45, 7) is 3.97. The lowest BCUT2D eigenvalue weighted by atomic mass is 10.1. The first-order valence-corrected chi connectivity index (χ1v) is 7.34. The maximum absolute atomic E-state index is 13.1. The normalized spacial score (nSPS) is 12.4. The summed E-state index contributed by atoms with van der Waals surface area (Å²) in [6, 6.07) is 5.55. The maximum atomic E-state index is 13.1. The van der Waals surface area contributed by atoms with Crippen LogP contribution in [0.1, 0.15) is 42.9 Å². The summed E-state index contributed by atoms with van der Waals surface area (Å²) < 4.78 is 13.1. The highest BCUT2D eigenvalue weighted by atomic mass is 32.1. The van der Waals surface area contributed by atoms with Crippen molar-refractivity contribution in [2.75, 3.05) is 5.32 Å². The van der Waals surface area contributed by atoms with Gasteiger partial charge < -0.3 is 10.4 Å². The van der Waals surface area contributed by atoms with E-state index in [2.05, 4.69) is 15.5 Å². The first-order chi connectivity index (χ1) is 9.95. The molecule has 1 amide bonds. The van der Waals surface area contributed by atoms with Crippen LogP contribution in [0.15, 0.2) is 24.3 Å². The van der Waals surface area contributed by atoms with Gasteiger partial charge in [0.1, 0.15) is 10.8 Å². The Morgan fingerprint density at radius 3 is 2.81 bits per heavy atom. The zero-order chi connectivity index (χ0) is 15.4. The predicted molar refractivity (Wildman–Crippen MR) is 78.6 cm³/mol. The molecular weight excluding hydrogens is 293 g/mol. The summed E-state index contributed by atoms with van der Waals surface area (Å²) in [5, 5.41) is 21.6. The zero-order valence-electron chi connectivity index (χ0n) is 11.7. The molecule has 0 aliphatic heterocycles. The molecule has 2 N–H and O–H groups in total. The van der Waals surface area contributed by atoms with Gasteiger partial charge in [-0.25, -0.2) is 4.39 Å². The summed E-state index contributed by atoms with van der Waals surface area (Å²) in [6.07, 6.45) is -1.22. The molecule has 112 valence electrons. The van der Waals surface area contributed by atoms with Crippen molar-refractivity contribution in [2.24, 2.45) is 0 Å². The van der Waals surface area contributed by atoms with Crippen LogP contribution in [0, 0.1) is 5.82 Å². The Morgan fingerprint density at radius 1 is 1.43 bits per heavy atom. The molecule has 0 saturated carbocycles. The highest BCUT2D eigenvalue weighted by Gasteiger charge is 2.16. The average Bonchev–Trinajstić information content (AvgIpc) is 2.87. The molecule has 1 aromatic carbocycles. The average molecular weight is 309 g/mol. The van der Waals surface area contributed by atoms with Crippen LogP contribution in [0.3, 0.4) is 0 Å². The van der Waals surface area contributed by atoms with Crippen molar-refractivity contribution in [2.45, 2.75) is 32.3 Å². The molecule has 1 heterocycles. The van der Waals surface area contributed by atoms with Crippen LogP contribution in [0.2, 0.25) is 0 Å². The minimum Gasteiger partial charge on any atom is -0.388 e. The van der Waals surface area contributed by atoms with E-state index >= 15 is 0 Å². The molecule has 0 spiro atoms. The molecule has 0 aliphatic rings. The predicted octanol–water partition coefficient (Wildman–Crippen LogP) is 2.86. The number of hydrogen-bond acceptors (Lipinski definition) is 5. The molecule has 21 heavy (non-hydrogen) atoms. The Balaban J connectivity index is 1.94. The SMILES string of the molecule is CC(C)c1nnc(NC(=O)CC(O)c2cccc(F)c2)s1. The third-order valence-corrected chi connectivity index (χ3v) is 3.93. The van der Waals surface area contributed by atoms with E-state index in [1.54, 1.807) is 6.07 Å². The van der Waals surface area contributed by atoms with Crippen molar-refractivity contribution in [1.29, 1.82) is 0 Å². The molecular formula is C14H16FN3O2S. The molecule has 1 atom stereocenters. The number of aromatic nitrogens is 2. The zero-order valence-corrected chi connectivity index (χ0v) is 12.5. The first kappa shape index (κ1) is 15.5. The molecule has 2 aromatic rings. The van der Waals surface area contributed by atoms with E-state index in [4.69, 9.17) is 0 Å². The number of carbonyl (C=O) groups is 1. The van der Waals surface area contributed by atoms with Gasteiger partial charge in [-0.3, -0.25) is 4.79 Å².